The molecule has 37 heavy (non-hydrogen) atoms. The van der Waals surface area contributed by atoms with Crippen LogP contribution in [0.5, 0.6) is 17.2 Å². The second kappa shape index (κ2) is 10.9. The molecule has 1 aliphatic heterocycles. The third-order valence-corrected chi connectivity index (χ3v) is 5.09. The van der Waals surface area contributed by atoms with E-state index in [1.807, 2.05) is 0 Å². The van der Waals surface area contributed by atoms with Gasteiger partial charge < -0.3 is 25.3 Å². The third-order valence-electron chi connectivity index (χ3n) is 5.09. The quantitative estimate of drug-likeness (QED) is 0.419. The molecule has 3 rings (SSSR count). The number of ether oxygens (including phenoxy) is 3. The fourth-order valence-corrected chi connectivity index (χ4v) is 3.54. The number of likely N-dealkylation sites (N-methyl/N-ethyl adjacent to an activating group) is 1. The molecule has 0 bridgehead atoms. The number of nitrogens with one attached hydrogen (secondary N) is 1. The number of anilines is 1. The van der Waals surface area contributed by atoms with E-state index in [2.05, 4.69) is 5.32 Å². The molecule has 0 saturated carbocycles. The Morgan fingerprint density at radius 1 is 0.865 bits per heavy atom. The van der Waals surface area contributed by atoms with E-state index in [1.165, 1.54) is 7.05 Å². The number of imide groups is 1. The fourth-order valence-electron chi connectivity index (χ4n) is 3.54. The van der Waals surface area contributed by atoms with Gasteiger partial charge in [-0.1, -0.05) is 18.2 Å². The number of hydrogen-bond donors (Lipinski definition) is 2. The molecule has 2 aromatic rings. The summed E-state index contributed by atoms with van der Waals surface area (Å²) in [5.74, 6) is -5.28. The molecule has 2 aromatic carbocycles. The summed E-state index contributed by atoms with van der Waals surface area (Å²) in [7, 11) is 1.25. The zero-order valence-electron chi connectivity index (χ0n) is 20.3. The predicted octanol–water partition coefficient (Wildman–Crippen LogP) is 0.944. The maximum Gasteiger partial charge on any atom is 0.332 e. The average Bonchev–Trinajstić information content (AvgIpc) is 2.82. The van der Waals surface area contributed by atoms with E-state index >= 15 is 0 Å². The molecular formula is C24H24N4O9. The first-order valence-corrected chi connectivity index (χ1v) is 10.9. The van der Waals surface area contributed by atoms with Gasteiger partial charge in [0.25, 0.3) is 11.8 Å². The van der Waals surface area contributed by atoms with Crippen LogP contribution in [0.3, 0.4) is 0 Å². The van der Waals surface area contributed by atoms with Gasteiger partial charge in [-0.2, -0.15) is 0 Å². The Bertz CT molecular complexity index is 1240. The minimum absolute atomic E-state index is 0.228. The minimum Gasteiger partial charge on any atom is -0.423 e. The van der Waals surface area contributed by atoms with Crippen molar-refractivity contribution >= 4 is 41.4 Å². The fraction of sp³-hybridized carbons (Fsp3) is 0.250. The van der Waals surface area contributed by atoms with E-state index in [9.17, 15) is 28.8 Å². The van der Waals surface area contributed by atoms with Crippen molar-refractivity contribution < 1.29 is 43.0 Å². The van der Waals surface area contributed by atoms with Gasteiger partial charge >= 0.3 is 23.9 Å². The van der Waals surface area contributed by atoms with Gasteiger partial charge in [-0.25, -0.2) is 4.79 Å². The molecule has 13 nitrogen and oxygen atoms in total. The number of rotatable bonds is 6. The number of nitrogens with zero attached hydrogens (tertiary/aromatic N) is 2. The van der Waals surface area contributed by atoms with E-state index in [4.69, 9.17) is 19.9 Å². The first kappa shape index (κ1) is 26.8. The Morgan fingerprint density at radius 3 is 1.86 bits per heavy atom. The van der Waals surface area contributed by atoms with Crippen LogP contribution in [0.4, 0.5) is 10.5 Å². The van der Waals surface area contributed by atoms with E-state index in [1.54, 1.807) is 30.3 Å². The molecule has 2 atom stereocenters. The van der Waals surface area contributed by atoms with E-state index in [0.29, 0.717) is 5.69 Å². The highest BCUT2D eigenvalue weighted by Crippen LogP contribution is 2.39. The summed E-state index contributed by atoms with van der Waals surface area (Å²) < 4.78 is 15.2. The first-order valence-electron chi connectivity index (χ1n) is 10.9. The monoisotopic (exact) mass is 512 g/mol. The second-order valence-corrected chi connectivity index (χ2v) is 7.91. The first-order chi connectivity index (χ1) is 17.4. The van der Waals surface area contributed by atoms with Crippen molar-refractivity contribution in [3.05, 3.63) is 48.0 Å². The highest BCUT2D eigenvalue weighted by atomic mass is 16.6. The van der Waals surface area contributed by atoms with Crippen LogP contribution in [-0.2, 0) is 19.2 Å². The van der Waals surface area contributed by atoms with Crippen LogP contribution in [-0.4, -0.2) is 59.9 Å². The zero-order chi connectivity index (χ0) is 27.4. The number of carbonyl (C=O) groups excluding carboxylic acids is 6. The van der Waals surface area contributed by atoms with Gasteiger partial charge in [0.15, 0.2) is 11.5 Å². The molecular weight excluding hydrogens is 488 g/mol. The average molecular weight is 512 g/mol. The molecule has 1 fully saturated rings. The lowest BCUT2D eigenvalue weighted by Gasteiger charge is -2.41. The zero-order valence-corrected chi connectivity index (χ0v) is 20.3. The van der Waals surface area contributed by atoms with E-state index in [-0.39, 0.29) is 17.1 Å². The third kappa shape index (κ3) is 5.90. The summed E-state index contributed by atoms with van der Waals surface area (Å²) in [4.78, 5) is 75.7. The number of esters is 3. The summed E-state index contributed by atoms with van der Waals surface area (Å²) in [6, 6.07) is 8.38. The largest absolute Gasteiger partial charge is 0.423 e. The number of benzene rings is 2. The summed E-state index contributed by atoms with van der Waals surface area (Å²) in [6.45, 7) is 3.21. The highest BCUT2D eigenvalue weighted by Gasteiger charge is 2.44. The van der Waals surface area contributed by atoms with Crippen molar-refractivity contribution in [2.24, 2.45) is 5.73 Å². The maximum absolute atomic E-state index is 13.2. The lowest BCUT2D eigenvalue weighted by molar-refractivity contribution is -0.135. The molecule has 0 aromatic heterocycles. The number of para-hydroxylation sites is 1. The van der Waals surface area contributed by atoms with Crippen LogP contribution >= 0.6 is 0 Å². The van der Waals surface area contributed by atoms with Crippen molar-refractivity contribution in [2.75, 3.05) is 11.9 Å². The summed E-state index contributed by atoms with van der Waals surface area (Å²) >= 11 is 0. The smallest absolute Gasteiger partial charge is 0.332 e. The van der Waals surface area contributed by atoms with Crippen LogP contribution in [0.1, 0.15) is 31.1 Å². The summed E-state index contributed by atoms with van der Waals surface area (Å²) in [6.07, 6.45) is -1.27. The molecule has 3 N–H and O–H groups in total. The molecule has 0 spiro atoms. The number of nitrogens with two attached hydrogens (primary N) is 1. The number of amides is 4. The molecule has 194 valence electrons. The van der Waals surface area contributed by atoms with Gasteiger partial charge in [-0.15, -0.1) is 0 Å². The van der Waals surface area contributed by atoms with Crippen LogP contribution in [0.15, 0.2) is 42.5 Å². The Hall–Kier alpha value is -4.78. The van der Waals surface area contributed by atoms with Gasteiger partial charge in [-0.05, 0) is 24.3 Å². The van der Waals surface area contributed by atoms with Crippen LogP contribution in [0.2, 0.25) is 0 Å². The molecule has 4 amide bonds. The van der Waals surface area contributed by atoms with Crippen LogP contribution in [0.25, 0.3) is 0 Å². The Morgan fingerprint density at radius 2 is 1.38 bits per heavy atom. The van der Waals surface area contributed by atoms with Gasteiger partial charge in [0.1, 0.15) is 12.2 Å². The molecule has 0 radical (unpaired) electrons. The van der Waals surface area contributed by atoms with Gasteiger partial charge in [0.2, 0.25) is 5.75 Å². The number of carbonyl (C=O) groups is 6. The molecule has 13 heteroatoms. The Labute approximate surface area is 211 Å². The SMILES string of the molecule is CC(=O)Oc1cc(C(=O)NC2C(=O)N(C)C(=O)N(c3ccccc3)C2N)cc(OC(C)=O)c1OC(C)=O. The molecule has 2 unspecified atom stereocenters. The molecule has 1 saturated heterocycles. The van der Waals surface area contributed by atoms with E-state index in [0.717, 1.165) is 42.7 Å². The summed E-state index contributed by atoms with van der Waals surface area (Å²) in [5, 5.41) is 2.47. The standard InChI is InChI=1S/C24H24N4O9/c1-12(29)35-17-10-15(11-18(36-13(2)30)20(17)37-14(3)31)22(32)26-19-21(25)28(16-8-6-5-7-9-16)24(34)27(4)23(19)33/h5-11,19,21H,25H2,1-4H3,(H,26,32). The number of hydrogen-bond acceptors (Lipinski definition) is 10. The number of urea groups is 1. The van der Waals surface area contributed by atoms with Gasteiger partial charge in [0, 0.05) is 39.1 Å². The minimum atomic E-state index is -1.38. The highest BCUT2D eigenvalue weighted by molar-refractivity contribution is 6.10. The maximum atomic E-state index is 13.2. The Balaban J connectivity index is 2.01. The van der Waals surface area contributed by atoms with Crippen LogP contribution < -0.4 is 30.2 Å². The van der Waals surface area contributed by atoms with Gasteiger partial charge in [0.05, 0.1) is 0 Å². The lowest BCUT2D eigenvalue weighted by atomic mass is 10.1. The van der Waals surface area contributed by atoms with Crippen LogP contribution in [0, 0.1) is 0 Å². The molecule has 1 aliphatic rings. The van der Waals surface area contributed by atoms with Crippen molar-refractivity contribution in [1.82, 2.24) is 10.2 Å². The van der Waals surface area contributed by atoms with Crippen molar-refractivity contribution in [1.29, 1.82) is 0 Å². The molecule has 0 aliphatic carbocycles. The lowest BCUT2D eigenvalue weighted by Crippen LogP contribution is -2.71. The van der Waals surface area contributed by atoms with Crippen molar-refractivity contribution in [3.63, 3.8) is 0 Å². The Kier molecular flexibility index (Phi) is 7.88. The second-order valence-electron chi connectivity index (χ2n) is 7.91. The topological polar surface area (TPSA) is 175 Å². The van der Waals surface area contributed by atoms with E-state index < -0.39 is 53.7 Å². The van der Waals surface area contributed by atoms with Crippen molar-refractivity contribution in [2.45, 2.75) is 33.0 Å². The summed E-state index contributed by atoms with van der Waals surface area (Å²) in [5.41, 5.74) is 6.42. The van der Waals surface area contributed by atoms with Gasteiger partial charge in [-0.3, -0.25) is 33.8 Å². The molecule has 1 heterocycles. The predicted molar refractivity (Wildman–Crippen MR) is 127 cm³/mol. The van der Waals surface area contributed by atoms with Crippen molar-refractivity contribution in [3.8, 4) is 17.2 Å². The normalized spacial score (nSPS) is 17.2.